The molecule has 1 aliphatic carbocycles. The quantitative estimate of drug-likeness (QED) is 0.717. The second-order valence-corrected chi connectivity index (χ2v) is 5.53. The zero-order valence-electron chi connectivity index (χ0n) is 9.67. The summed E-state index contributed by atoms with van der Waals surface area (Å²) < 4.78 is 5.17. The van der Waals surface area contributed by atoms with Crippen molar-refractivity contribution in [1.29, 1.82) is 0 Å². The monoisotopic (exact) mass is 212 g/mol. The standard InChI is InChI=1S/C11H20N2O2/c1-11(2,3)15-10(14)13-6-9-7-4-12-5-8(7)9/h7-9,12H,4-6H2,1-3H3,(H,13,14)/t7-,8?,9?/m1/s1. The first-order valence-electron chi connectivity index (χ1n) is 5.65. The SMILES string of the molecule is CC(C)(C)OC(=O)NCC1C2CNC[C@H]21. The number of rotatable bonds is 2. The fourth-order valence-electron chi connectivity index (χ4n) is 2.36. The number of nitrogens with one attached hydrogen (secondary N) is 2. The summed E-state index contributed by atoms with van der Waals surface area (Å²) in [6.45, 7) is 8.63. The van der Waals surface area contributed by atoms with Crippen LogP contribution in [0.4, 0.5) is 4.79 Å². The van der Waals surface area contributed by atoms with Gasteiger partial charge in [0, 0.05) is 6.54 Å². The van der Waals surface area contributed by atoms with E-state index in [9.17, 15) is 4.79 Å². The molecule has 1 aliphatic heterocycles. The van der Waals surface area contributed by atoms with Crippen molar-refractivity contribution < 1.29 is 9.53 Å². The summed E-state index contributed by atoms with van der Waals surface area (Å²) in [7, 11) is 0. The fraction of sp³-hybridized carbons (Fsp3) is 0.909. The van der Waals surface area contributed by atoms with Crippen LogP contribution in [0.1, 0.15) is 20.8 Å². The maximum Gasteiger partial charge on any atom is 0.407 e. The molecule has 3 atom stereocenters. The molecule has 2 fully saturated rings. The minimum atomic E-state index is -0.398. The van der Waals surface area contributed by atoms with E-state index in [-0.39, 0.29) is 6.09 Å². The molecule has 0 radical (unpaired) electrons. The molecule has 2 aliphatic rings. The highest BCUT2D eigenvalue weighted by Gasteiger charge is 2.52. The molecule has 1 saturated heterocycles. The van der Waals surface area contributed by atoms with Crippen molar-refractivity contribution in [3.8, 4) is 0 Å². The second-order valence-electron chi connectivity index (χ2n) is 5.53. The first kappa shape index (κ1) is 10.7. The number of carbonyl (C=O) groups excluding carboxylic acids is 1. The van der Waals surface area contributed by atoms with Crippen LogP contribution in [-0.2, 0) is 4.74 Å². The van der Waals surface area contributed by atoms with E-state index in [4.69, 9.17) is 4.74 Å². The molecule has 2 N–H and O–H groups in total. The molecule has 86 valence electrons. The van der Waals surface area contributed by atoms with Gasteiger partial charge in [-0.2, -0.15) is 0 Å². The number of carbonyl (C=O) groups is 1. The predicted molar refractivity (Wildman–Crippen MR) is 57.6 cm³/mol. The molecule has 4 nitrogen and oxygen atoms in total. The molecule has 2 rings (SSSR count). The summed E-state index contributed by atoms with van der Waals surface area (Å²) in [5.41, 5.74) is -0.398. The summed E-state index contributed by atoms with van der Waals surface area (Å²) >= 11 is 0. The van der Waals surface area contributed by atoms with E-state index in [1.807, 2.05) is 20.8 Å². The van der Waals surface area contributed by atoms with Crippen LogP contribution in [0.3, 0.4) is 0 Å². The van der Waals surface area contributed by atoms with Crippen LogP contribution in [-0.4, -0.2) is 31.3 Å². The van der Waals surface area contributed by atoms with Crippen molar-refractivity contribution in [3.63, 3.8) is 0 Å². The van der Waals surface area contributed by atoms with E-state index in [0.717, 1.165) is 31.5 Å². The average molecular weight is 212 g/mol. The summed E-state index contributed by atoms with van der Waals surface area (Å²) in [6, 6.07) is 0. The third kappa shape index (κ3) is 2.62. The highest BCUT2D eigenvalue weighted by Crippen LogP contribution is 2.47. The Kier molecular flexibility index (Phi) is 2.63. The maximum absolute atomic E-state index is 11.4. The molecule has 0 aromatic carbocycles. The Balaban J connectivity index is 1.64. The van der Waals surface area contributed by atoms with Gasteiger partial charge < -0.3 is 15.4 Å². The lowest BCUT2D eigenvalue weighted by molar-refractivity contribution is 0.0523. The van der Waals surface area contributed by atoms with Crippen LogP contribution < -0.4 is 10.6 Å². The van der Waals surface area contributed by atoms with Crippen LogP contribution >= 0.6 is 0 Å². The van der Waals surface area contributed by atoms with Gasteiger partial charge in [0.05, 0.1) is 0 Å². The van der Waals surface area contributed by atoms with Gasteiger partial charge in [-0.3, -0.25) is 0 Å². The summed E-state index contributed by atoms with van der Waals surface area (Å²) in [5, 5.41) is 6.17. The van der Waals surface area contributed by atoms with Gasteiger partial charge in [-0.1, -0.05) is 0 Å². The molecule has 1 heterocycles. The van der Waals surface area contributed by atoms with Gasteiger partial charge in [-0.05, 0) is 51.6 Å². The van der Waals surface area contributed by atoms with E-state index in [2.05, 4.69) is 10.6 Å². The molecule has 1 saturated carbocycles. The third-order valence-corrected chi connectivity index (χ3v) is 3.15. The Hall–Kier alpha value is -0.770. The van der Waals surface area contributed by atoms with Gasteiger partial charge in [0.2, 0.25) is 0 Å². The molecule has 0 bridgehead atoms. The Labute approximate surface area is 90.8 Å². The highest BCUT2D eigenvalue weighted by atomic mass is 16.6. The van der Waals surface area contributed by atoms with Gasteiger partial charge in [-0.15, -0.1) is 0 Å². The van der Waals surface area contributed by atoms with E-state index in [1.54, 1.807) is 0 Å². The minimum absolute atomic E-state index is 0.291. The lowest BCUT2D eigenvalue weighted by atomic mass is 10.2. The number of hydrogen-bond donors (Lipinski definition) is 2. The highest BCUT2D eigenvalue weighted by molar-refractivity contribution is 5.67. The smallest absolute Gasteiger partial charge is 0.407 e. The van der Waals surface area contributed by atoms with Crippen molar-refractivity contribution in [3.05, 3.63) is 0 Å². The normalized spacial score (nSPS) is 33.4. The van der Waals surface area contributed by atoms with E-state index < -0.39 is 5.60 Å². The summed E-state index contributed by atoms with van der Waals surface area (Å²) in [4.78, 5) is 11.4. The van der Waals surface area contributed by atoms with E-state index in [0.29, 0.717) is 5.92 Å². The van der Waals surface area contributed by atoms with Crippen LogP contribution in [0.15, 0.2) is 0 Å². The Morgan fingerprint density at radius 1 is 1.40 bits per heavy atom. The van der Waals surface area contributed by atoms with Gasteiger partial charge >= 0.3 is 6.09 Å². The Bertz CT molecular complexity index is 250. The Morgan fingerprint density at radius 3 is 2.53 bits per heavy atom. The zero-order chi connectivity index (χ0) is 11.1. The molecule has 4 heteroatoms. The van der Waals surface area contributed by atoms with Crippen molar-refractivity contribution in [2.75, 3.05) is 19.6 Å². The van der Waals surface area contributed by atoms with Crippen molar-refractivity contribution in [1.82, 2.24) is 10.6 Å². The van der Waals surface area contributed by atoms with Crippen LogP contribution in [0, 0.1) is 17.8 Å². The number of piperidine rings is 1. The number of ether oxygens (including phenoxy) is 1. The van der Waals surface area contributed by atoms with Crippen molar-refractivity contribution in [2.45, 2.75) is 26.4 Å². The average Bonchev–Trinajstić information content (AvgIpc) is 2.55. The summed E-state index contributed by atoms with van der Waals surface area (Å²) in [6.07, 6.45) is -0.291. The molecule has 2 unspecified atom stereocenters. The van der Waals surface area contributed by atoms with Crippen molar-refractivity contribution >= 4 is 6.09 Å². The summed E-state index contributed by atoms with van der Waals surface area (Å²) in [5.74, 6) is 2.26. The second kappa shape index (κ2) is 3.67. The van der Waals surface area contributed by atoms with E-state index in [1.165, 1.54) is 0 Å². The predicted octanol–water partition coefficient (Wildman–Crippen LogP) is 0.976. The lowest BCUT2D eigenvalue weighted by Crippen LogP contribution is -2.34. The van der Waals surface area contributed by atoms with Crippen LogP contribution in [0.2, 0.25) is 0 Å². The first-order chi connectivity index (χ1) is 6.97. The zero-order valence-corrected chi connectivity index (χ0v) is 9.67. The van der Waals surface area contributed by atoms with Gasteiger partial charge in [0.15, 0.2) is 0 Å². The number of amides is 1. The van der Waals surface area contributed by atoms with Gasteiger partial charge in [-0.25, -0.2) is 4.79 Å². The number of alkyl carbamates (subject to hydrolysis) is 1. The topological polar surface area (TPSA) is 50.4 Å². The molecular weight excluding hydrogens is 192 g/mol. The minimum Gasteiger partial charge on any atom is -0.444 e. The number of fused-ring (bicyclic) bond motifs is 1. The van der Waals surface area contributed by atoms with Crippen molar-refractivity contribution in [2.24, 2.45) is 17.8 Å². The molecule has 1 amide bonds. The molecule has 0 spiro atoms. The molecular formula is C11H20N2O2. The third-order valence-electron chi connectivity index (χ3n) is 3.15. The number of hydrogen-bond acceptors (Lipinski definition) is 3. The van der Waals surface area contributed by atoms with Crippen LogP contribution in [0.5, 0.6) is 0 Å². The van der Waals surface area contributed by atoms with Crippen LogP contribution in [0.25, 0.3) is 0 Å². The van der Waals surface area contributed by atoms with E-state index >= 15 is 0 Å². The molecule has 0 aromatic rings. The largest absolute Gasteiger partial charge is 0.444 e. The molecule has 0 aromatic heterocycles. The molecule has 15 heavy (non-hydrogen) atoms. The first-order valence-corrected chi connectivity index (χ1v) is 5.65. The Morgan fingerprint density at radius 2 is 2.00 bits per heavy atom. The fourth-order valence-corrected chi connectivity index (χ4v) is 2.36. The lowest BCUT2D eigenvalue weighted by Gasteiger charge is -2.19. The van der Waals surface area contributed by atoms with Gasteiger partial charge in [0.25, 0.3) is 0 Å². The van der Waals surface area contributed by atoms with Gasteiger partial charge in [0.1, 0.15) is 5.60 Å². The maximum atomic E-state index is 11.4.